The topological polar surface area (TPSA) is 76.7 Å². The van der Waals surface area contributed by atoms with Gasteiger partial charge in [0.2, 0.25) is 0 Å². The fourth-order valence-corrected chi connectivity index (χ4v) is 2.75. The Bertz CT molecular complexity index is 778. The van der Waals surface area contributed by atoms with Gasteiger partial charge in [-0.2, -0.15) is 0 Å². The Morgan fingerprint density at radius 1 is 1.04 bits per heavy atom. The van der Waals surface area contributed by atoms with Crippen molar-refractivity contribution in [1.82, 2.24) is 10.9 Å². The first kappa shape index (κ1) is 20.8. The van der Waals surface area contributed by atoms with E-state index >= 15 is 0 Å². The molecule has 27 heavy (non-hydrogen) atoms. The molecule has 0 atom stereocenters. The zero-order chi connectivity index (χ0) is 19.6. The van der Waals surface area contributed by atoms with Crippen LogP contribution in [0.25, 0.3) is 0 Å². The summed E-state index contributed by atoms with van der Waals surface area (Å²) in [6, 6.07) is 12.3. The van der Waals surface area contributed by atoms with E-state index in [9.17, 15) is 9.59 Å². The van der Waals surface area contributed by atoms with E-state index in [4.69, 9.17) is 9.47 Å². The van der Waals surface area contributed by atoms with Gasteiger partial charge in [-0.05, 0) is 71.2 Å². The summed E-state index contributed by atoms with van der Waals surface area (Å²) in [6.45, 7) is 4.48. The minimum atomic E-state index is -0.463. The van der Waals surface area contributed by atoms with Crippen molar-refractivity contribution >= 4 is 27.7 Å². The van der Waals surface area contributed by atoms with Crippen LogP contribution in [-0.2, 0) is 4.79 Å². The lowest BCUT2D eigenvalue weighted by atomic mass is 10.2. The number of ether oxygens (including phenoxy) is 2. The Labute approximate surface area is 167 Å². The fraction of sp³-hybridized carbons (Fsp3) is 0.300. The number of aryl methyl sites for hydroxylation is 1. The van der Waals surface area contributed by atoms with Gasteiger partial charge in [0.25, 0.3) is 11.8 Å². The Morgan fingerprint density at radius 3 is 2.44 bits per heavy atom. The molecule has 2 N–H and O–H groups in total. The highest BCUT2D eigenvalue weighted by atomic mass is 79.9. The van der Waals surface area contributed by atoms with Gasteiger partial charge in [-0.1, -0.05) is 19.4 Å². The summed E-state index contributed by atoms with van der Waals surface area (Å²) in [5, 5.41) is 0. The first-order valence-corrected chi connectivity index (χ1v) is 9.50. The summed E-state index contributed by atoms with van der Waals surface area (Å²) < 4.78 is 11.7. The van der Waals surface area contributed by atoms with Gasteiger partial charge >= 0.3 is 0 Å². The van der Waals surface area contributed by atoms with Crippen LogP contribution < -0.4 is 20.3 Å². The standard InChI is InChI=1S/C20H23BrN2O4/c1-3-4-11-26-16-8-6-15(7-9-16)20(25)23-22-19(24)13-27-18-10-5-14(2)12-17(18)21/h5-10,12H,3-4,11,13H2,1-2H3,(H,22,24)(H,23,25). The van der Waals surface area contributed by atoms with Gasteiger partial charge in [0.1, 0.15) is 11.5 Å². The number of hydrogen-bond donors (Lipinski definition) is 2. The van der Waals surface area contributed by atoms with Crippen molar-refractivity contribution in [2.45, 2.75) is 26.7 Å². The van der Waals surface area contributed by atoms with Crippen molar-refractivity contribution in [2.24, 2.45) is 0 Å². The number of benzene rings is 2. The second-order valence-electron chi connectivity index (χ2n) is 5.95. The average molecular weight is 435 g/mol. The molecule has 0 heterocycles. The summed E-state index contributed by atoms with van der Waals surface area (Å²) >= 11 is 3.38. The maximum Gasteiger partial charge on any atom is 0.276 e. The van der Waals surface area contributed by atoms with E-state index in [2.05, 4.69) is 33.7 Å². The molecule has 144 valence electrons. The number of carbonyl (C=O) groups excluding carboxylic acids is 2. The fourth-order valence-electron chi connectivity index (χ4n) is 2.14. The van der Waals surface area contributed by atoms with Gasteiger partial charge in [-0.15, -0.1) is 0 Å². The minimum Gasteiger partial charge on any atom is -0.494 e. The van der Waals surface area contributed by atoms with E-state index in [1.54, 1.807) is 30.3 Å². The number of hydrazine groups is 1. The summed E-state index contributed by atoms with van der Waals surface area (Å²) in [5.41, 5.74) is 6.18. The Hall–Kier alpha value is -2.54. The van der Waals surface area contributed by atoms with E-state index in [0.29, 0.717) is 23.7 Å². The van der Waals surface area contributed by atoms with Gasteiger partial charge in [-0.3, -0.25) is 20.4 Å². The molecule has 0 aromatic heterocycles. The zero-order valence-corrected chi connectivity index (χ0v) is 17.0. The molecule has 0 saturated heterocycles. The maximum absolute atomic E-state index is 12.1. The number of nitrogens with one attached hydrogen (secondary N) is 2. The first-order chi connectivity index (χ1) is 13.0. The number of unbranched alkanes of at least 4 members (excludes halogenated alkanes) is 1. The van der Waals surface area contributed by atoms with E-state index in [1.807, 2.05) is 19.1 Å². The maximum atomic E-state index is 12.1. The van der Waals surface area contributed by atoms with Gasteiger partial charge in [0.05, 0.1) is 11.1 Å². The largest absolute Gasteiger partial charge is 0.494 e. The smallest absolute Gasteiger partial charge is 0.276 e. The Kier molecular flexibility index (Phi) is 8.13. The second kappa shape index (κ2) is 10.6. The van der Waals surface area contributed by atoms with E-state index in [0.717, 1.165) is 22.9 Å². The Morgan fingerprint density at radius 2 is 1.78 bits per heavy atom. The molecule has 6 nitrogen and oxygen atoms in total. The SMILES string of the molecule is CCCCOc1ccc(C(=O)NNC(=O)COc2ccc(C)cc2Br)cc1. The molecule has 0 unspecified atom stereocenters. The lowest BCUT2D eigenvalue weighted by Gasteiger charge is -2.10. The molecule has 7 heteroatoms. The molecule has 0 radical (unpaired) electrons. The van der Waals surface area contributed by atoms with Gasteiger partial charge in [0.15, 0.2) is 6.61 Å². The van der Waals surface area contributed by atoms with Crippen LogP contribution in [0.5, 0.6) is 11.5 Å². The number of rotatable bonds is 8. The van der Waals surface area contributed by atoms with E-state index in [1.165, 1.54) is 0 Å². The lowest BCUT2D eigenvalue weighted by Crippen LogP contribution is -2.43. The molecule has 0 bridgehead atoms. The predicted molar refractivity (Wildman–Crippen MR) is 107 cm³/mol. The van der Waals surface area contributed by atoms with E-state index < -0.39 is 11.8 Å². The van der Waals surface area contributed by atoms with E-state index in [-0.39, 0.29) is 6.61 Å². The first-order valence-electron chi connectivity index (χ1n) is 8.70. The van der Waals surface area contributed by atoms with Crippen LogP contribution in [0.1, 0.15) is 35.7 Å². The summed E-state index contributed by atoms with van der Waals surface area (Å²) in [6.07, 6.45) is 2.04. The van der Waals surface area contributed by atoms with Crippen molar-refractivity contribution in [1.29, 1.82) is 0 Å². The molecule has 0 aliphatic rings. The highest BCUT2D eigenvalue weighted by Crippen LogP contribution is 2.25. The summed E-state index contributed by atoms with van der Waals surface area (Å²) in [5.74, 6) is 0.386. The van der Waals surface area contributed by atoms with Crippen LogP contribution in [0.2, 0.25) is 0 Å². The number of halogens is 1. The normalized spacial score (nSPS) is 10.2. The third-order valence-corrected chi connectivity index (χ3v) is 4.26. The van der Waals surface area contributed by atoms with Crippen molar-refractivity contribution in [3.05, 3.63) is 58.1 Å². The summed E-state index contributed by atoms with van der Waals surface area (Å²) in [4.78, 5) is 23.9. The van der Waals surface area contributed by atoms with Crippen LogP contribution in [0.3, 0.4) is 0 Å². The highest BCUT2D eigenvalue weighted by molar-refractivity contribution is 9.10. The molecular weight excluding hydrogens is 412 g/mol. The minimum absolute atomic E-state index is 0.216. The van der Waals surface area contributed by atoms with Crippen LogP contribution >= 0.6 is 15.9 Å². The van der Waals surface area contributed by atoms with Crippen molar-refractivity contribution in [2.75, 3.05) is 13.2 Å². The molecule has 0 aliphatic heterocycles. The third kappa shape index (κ3) is 6.94. The predicted octanol–water partition coefficient (Wildman–Crippen LogP) is 3.78. The molecule has 2 rings (SSSR count). The highest BCUT2D eigenvalue weighted by Gasteiger charge is 2.09. The third-order valence-electron chi connectivity index (χ3n) is 3.64. The number of amides is 2. The molecule has 2 aromatic carbocycles. The van der Waals surface area contributed by atoms with Crippen LogP contribution in [0, 0.1) is 6.92 Å². The number of hydrogen-bond acceptors (Lipinski definition) is 4. The Balaban J connectivity index is 1.76. The molecular formula is C20H23BrN2O4. The zero-order valence-electron chi connectivity index (χ0n) is 15.4. The second-order valence-corrected chi connectivity index (χ2v) is 6.81. The summed E-state index contributed by atoms with van der Waals surface area (Å²) in [7, 11) is 0. The average Bonchev–Trinajstić information content (AvgIpc) is 2.66. The van der Waals surface area contributed by atoms with Crippen molar-refractivity contribution in [3.63, 3.8) is 0 Å². The van der Waals surface area contributed by atoms with Crippen molar-refractivity contribution < 1.29 is 19.1 Å². The van der Waals surface area contributed by atoms with Crippen LogP contribution in [-0.4, -0.2) is 25.0 Å². The molecule has 2 aromatic rings. The van der Waals surface area contributed by atoms with Gasteiger partial charge in [-0.25, -0.2) is 0 Å². The lowest BCUT2D eigenvalue weighted by molar-refractivity contribution is -0.123. The van der Waals surface area contributed by atoms with Gasteiger partial charge < -0.3 is 9.47 Å². The molecule has 0 saturated carbocycles. The quantitative estimate of drug-likeness (QED) is 0.489. The van der Waals surface area contributed by atoms with Gasteiger partial charge in [0, 0.05) is 5.56 Å². The molecule has 0 spiro atoms. The molecule has 2 amide bonds. The monoisotopic (exact) mass is 434 g/mol. The molecule has 0 fully saturated rings. The number of carbonyl (C=O) groups is 2. The van der Waals surface area contributed by atoms with Crippen molar-refractivity contribution in [3.8, 4) is 11.5 Å². The molecule has 0 aliphatic carbocycles. The van der Waals surface area contributed by atoms with Crippen LogP contribution in [0.4, 0.5) is 0 Å². The van der Waals surface area contributed by atoms with Crippen LogP contribution in [0.15, 0.2) is 46.9 Å².